The number of halogens is 6. The van der Waals surface area contributed by atoms with Gasteiger partial charge in [-0.15, -0.1) is 0 Å². The van der Waals surface area contributed by atoms with E-state index in [-0.39, 0.29) is 0 Å². The van der Waals surface area contributed by atoms with Crippen LogP contribution in [0.2, 0.25) is 0 Å². The Labute approximate surface area is 204 Å². The number of aliphatic imine (C=N–C) groups is 1. The van der Waals surface area contributed by atoms with Gasteiger partial charge in [0.2, 0.25) is 5.96 Å². The van der Waals surface area contributed by atoms with E-state index in [4.69, 9.17) is 12.2 Å². The molecule has 0 saturated carbocycles. The summed E-state index contributed by atoms with van der Waals surface area (Å²) in [7, 11) is 0. The number of rotatable bonds is 2. The molecule has 2 heterocycles. The van der Waals surface area contributed by atoms with E-state index in [1.807, 2.05) is 9.80 Å². The number of benzene rings is 2. The van der Waals surface area contributed by atoms with Crippen molar-refractivity contribution in [3.8, 4) is 0 Å². The van der Waals surface area contributed by atoms with Gasteiger partial charge in [0, 0.05) is 26.2 Å². The number of guanidine groups is 1. The van der Waals surface area contributed by atoms with Crippen molar-refractivity contribution in [2.45, 2.75) is 38.0 Å². The Morgan fingerprint density at radius 3 is 1.57 bits per heavy atom. The fourth-order valence-corrected chi connectivity index (χ4v) is 4.55. The number of nitrogens with zero attached hydrogens (tertiary/aromatic N) is 4. The highest BCUT2D eigenvalue weighted by atomic mass is 32.1. The van der Waals surface area contributed by atoms with Gasteiger partial charge in [0.15, 0.2) is 5.11 Å². The summed E-state index contributed by atoms with van der Waals surface area (Å²) in [5.74, 6) is 0.388. The lowest BCUT2D eigenvalue weighted by Gasteiger charge is -2.35. The molecular formula is C24H24F6N4S. The first-order valence-electron chi connectivity index (χ1n) is 11.3. The Kier molecular flexibility index (Phi) is 7.25. The molecule has 2 fully saturated rings. The maximum atomic E-state index is 13.2. The zero-order valence-corrected chi connectivity index (χ0v) is 19.6. The molecule has 2 aliphatic heterocycles. The third-order valence-corrected chi connectivity index (χ3v) is 6.47. The summed E-state index contributed by atoms with van der Waals surface area (Å²) in [4.78, 5) is 10.3. The number of likely N-dealkylation sites (tertiary alicyclic amines) is 2. The summed E-state index contributed by atoms with van der Waals surface area (Å²) in [6, 6.07) is 9.17. The highest BCUT2D eigenvalue weighted by molar-refractivity contribution is 7.80. The minimum Gasteiger partial charge on any atom is -0.348 e. The van der Waals surface area contributed by atoms with E-state index in [1.165, 1.54) is 24.3 Å². The smallest absolute Gasteiger partial charge is 0.348 e. The number of hydrogen-bond acceptors (Lipinski definition) is 2. The Bertz CT molecular complexity index is 1050. The summed E-state index contributed by atoms with van der Waals surface area (Å²) in [5.41, 5.74) is -0.865. The molecule has 11 heteroatoms. The van der Waals surface area contributed by atoms with E-state index in [1.54, 1.807) is 4.90 Å². The van der Waals surface area contributed by atoms with Gasteiger partial charge in [0.1, 0.15) is 0 Å². The molecule has 188 valence electrons. The highest BCUT2D eigenvalue weighted by Crippen LogP contribution is 2.33. The van der Waals surface area contributed by atoms with Crippen LogP contribution in [0.5, 0.6) is 0 Å². The second kappa shape index (κ2) is 10.0. The minimum absolute atomic E-state index is 0.293. The van der Waals surface area contributed by atoms with E-state index < -0.39 is 23.5 Å². The molecule has 0 N–H and O–H groups in total. The molecule has 0 aromatic heterocycles. The first kappa shape index (κ1) is 25.3. The quantitative estimate of drug-likeness (QED) is 0.193. The zero-order valence-electron chi connectivity index (χ0n) is 18.7. The summed E-state index contributed by atoms with van der Waals surface area (Å²) < 4.78 is 78.6. The van der Waals surface area contributed by atoms with Crippen molar-refractivity contribution in [1.82, 2.24) is 9.80 Å². The molecule has 2 aromatic rings. The van der Waals surface area contributed by atoms with Gasteiger partial charge in [-0.25, -0.2) is 4.99 Å². The van der Waals surface area contributed by atoms with Crippen LogP contribution in [0.15, 0.2) is 53.5 Å². The summed E-state index contributed by atoms with van der Waals surface area (Å²) in [6.45, 7) is 2.73. The number of alkyl halides is 6. The van der Waals surface area contributed by atoms with Crippen LogP contribution in [0.4, 0.5) is 37.7 Å². The van der Waals surface area contributed by atoms with Gasteiger partial charge in [-0.05, 0) is 86.4 Å². The van der Waals surface area contributed by atoms with Gasteiger partial charge < -0.3 is 9.80 Å². The van der Waals surface area contributed by atoms with Gasteiger partial charge in [0.05, 0.1) is 22.5 Å². The van der Waals surface area contributed by atoms with E-state index in [9.17, 15) is 26.3 Å². The molecule has 0 unspecified atom stereocenters. The standard InChI is InChI=1S/C24H24F6N4S/c25-23(26,27)17-5-9-19(10-6-17)31-21(32-13-1-2-14-32)34(22(35)33-15-3-4-16-33)20-11-7-18(8-12-20)24(28,29)30/h5-12H,1-4,13-16H2. The molecule has 2 aromatic carbocycles. The molecule has 4 rings (SSSR count). The Balaban J connectivity index is 1.78. The average Bonchev–Trinajstić information content (AvgIpc) is 3.53. The van der Waals surface area contributed by atoms with Crippen molar-refractivity contribution < 1.29 is 26.3 Å². The Hall–Kier alpha value is -2.82. The number of hydrogen-bond donors (Lipinski definition) is 0. The van der Waals surface area contributed by atoms with Gasteiger partial charge in [-0.2, -0.15) is 26.3 Å². The maximum absolute atomic E-state index is 13.2. The first-order valence-corrected chi connectivity index (χ1v) is 11.7. The fraction of sp³-hybridized carbons (Fsp3) is 0.417. The second-order valence-corrected chi connectivity index (χ2v) is 8.87. The van der Waals surface area contributed by atoms with E-state index in [0.717, 1.165) is 49.9 Å². The molecule has 2 saturated heterocycles. The number of thiocarbonyl (C=S) groups is 1. The predicted octanol–water partition coefficient (Wildman–Crippen LogP) is 6.69. The minimum atomic E-state index is -4.48. The zero-order chi connectivity index (χ0) is 25.2. The van der Waals surface area contributed by atoms with Gasteiger partial charge in [0.25, 0.3) is 0 Å². The van der Waals surface area contributed by atoms with E-state index >= 15 is 0 Å². The molecule has 0 bridgehead atoms. The topological polar surface area (TPSA) is 22.1 Å². The predicted molar refractivity (Wildman–Crippen MR) is 127 cm³/mol. The van der Waals surface area contributed by atoms with Crippen molar-refractivity contribution in [2.75, 3.05) is 31.1 Å². The number of anilines is 1. The van der Waals surface area contributed by atoms with Gasteiger partial charge in [-0.3, -0.25) is 4.90 Å². The van der Waals surface area contributed by atoms with Crippen LogP contribution in [-0.2, 0) is 12.4 Å². The summed E-state index contributed by atoms with van der Waals surface area (Å²) >= 11 is 5.79. The van der Waals surface area contributed by atoms with Crippen LogP contribution < -0.4 is 4.90 Å². The third-order valence-electron chi connectivity index (χ3n) is 6.03. The maximum Gasteiger partial charge on any atom is 0.416 e. The van der Waals surface area contributed by atoms with Crippen LogP contribution in [0.25, 0.3) is 0 Å². The van der Waals surface area contributed by atoms with Gasteiger partial charge in [-0.1, -0.05) is 0 Å². The lowest BCUT2D eigenvalue weighted by atomic mass is 10.2. The third kappa shape index (κ3) is 5.88. The molecular weight excluding hydrogens is 490 g/mol. The Morgan fingerprint density at radius 2 is 1.11 bits per heavy atom. The highest BCUT2D eigenvalue weighted by Gasteiger charge is 2.33. The molecule has 0 spiro atoms. The average molecular weight is 515 g/mol. The van der Waals surface area contributed by atoms with Crippen molar-refractivity contribution in [1.29, 1.82) is 0 Å². The van der Waals surface area contributed by atoms with Crippen molar-refractivity contribution in [3.05, 3.63) is 59.7 Å². The molecule has 35 heavy (non-hydrogen) atoms. The van der Waals surface area contributed by atoms with Crippen molar-refractivity contribution >= 4 is 34.7 Å². The molecule has 4 nitrogen and oxygen atoms in total. The van der Waals surface area contributed by atoms with E-state index in [2.05, 4.69) is 4.99 Å². The van der Waals surface area contributed by atoms with E-state index in [0.29, 0.717) is 48.6 Å². The molecule has 2 aliphatic rings. The first-order chi connectivity index (χ1) is 16.5. The molecule has 0 radical (unpaired) electrons. The molecule has 0 atom stereocenters. The van der Waals surface area contributed by atoms with Crippen LogP contribution in [0.1, 0.15) is 36.8 Å². The Morgan fingerprint density at radius 1 is 0.686 bits per heavy atom. The van der Waals surface area contributed by atoms with Crippen molar-refractivity contribution in [3.63, 3.8) is 0 Å². The van der Waals surface area contributed by atoms with Crippen LogP contribution in [-0.4, -0.2) is 47.1 Å². The SMILES string of the molecule is FC(F)(F)c1ccc(N=C(N2CCCC2)N(C(=S)N2CCCC2)c2ccc(C(F)(F)F)cc2)cc1. The fourth-order valence-electron chi connectivity index (χ4n) is 4.18. The van der Waals surface area contributed by atoms with Crippen molar-refractivity contribution in [2.24, 2.45) is 4.99 Å². The normalized spacial score (nSPS) is 17.3. The lowest BCUT2D eigenvalue weighted by molar-refractivity contribution is -0.138. The monoisotopic (exact) mass is 514 g/mol. The lowest BCUT2D eigenvalue weighted by Crippen LogP contribution is -2.51. The van der Waals surface area contributed by atoms with Crippen LogP contribution in [0, 0.1) is 0 Å². The molecule has 0 amide bonds. The van der Waals surface area contributed by atoms with Crippen LogP contribution in [0.3, 0.4) is 0 Å². The summed E-state index contributed by atoms with van der Waals surface area (Å²) in [6.07, 6.45) is -5.28. The van der Waals surface area contributed by atoms with Gasteiger partial charge >= 0.3 is 12.4 Å². The summed E-state index contributed by atoms with van der Waals surface area (Å²) in [5, 5.41) is 0.403. The second-order valence-electron chi connectivity index (χ2n) is 8.51. The molecule has 0 aliphatic carbocycles. The van der Waals surface area contributed by atoms with Crippen LogP contribution >= 0.6 is 12.2 Å². The largest absolute Gasteiger partial charge is 0.416 e.